The highest BCUT2D eigenvalue weighted by Gasteiger charge is 2.20. The smallest absolute Gasteiger partial charge is 0.263 e. The first-order chi connectivity index (χ1) is 8.81. The van der Waals surface area contributed by atoms with Gasteiger partial charge in [0.1, 0.15) is 5.82 Å². The molecule has 3 N–H and O–H groups in total. The summed E-state index contributed by atoms with van der Waals surface area (Å²) in [4.78, 5) is 0.0544. The second-order valence-corrected chi connectivity index (χ2v) is 6.15. The summed E-state index contributed by atoms with van der Waals surface area (Å²) < 4.78 is 28.5. The second kappa shape index (κ2) is 4.75. The maximum Gasteiger partial charge on any atom is 0.263 e. The number of rotatable bonds is 3. The Morgan fingerprint density at radius 3 is 2.68 bits per heavy atom. The molecule has 0 aliphatic rings. The van der Waals surface area contributed by atoms with Gasteiger partial charge in [-0.05, 0) is 24.6 Å². The molecule has 0 amide bonds. The van der Waals surface area contributed by atoms with E-state index >= 15 is 0 Å². The van der Waals surface area contributed by atoms with Crippen molar-refractivity contribution in [2.75, 3.05) is 10.5 Å². The van der Waals surface area contributed by atoms with Crippen LogP contribution >= 0.6 is 11.6 Å². The Morgan fingerprint density at radius 1 is 1.42 bits per heavy atom. The Balaban J connectivity index is 2.49. The van der Waals surface area contributed by atoms with Gasteiger partial charge in [-0.15, -0.1) is 0 Å². The summed E-state index contributed by atoms with van der Waals surface area (Å²) in [5.41, 5.74) is 6.52. The van der Waals surface area contributed by atoms with E-state index in [0.717, 1.165) is 0 Å². The molecule has 2 rings (SSSR count). The van der Waals surface area contributed by atoms with Crippen LogP contribution in [0.15, 0.2) is 29.3 Å². The van der Waals surface area contributed by atoms with Crippen molar-refractivity contribution >= 4 is 33.1 Å². The normalized spacial score (nSPS) is 11.5. The summed E-state index contributed by atoms with van der Waals surface area (Å²) in [6.07, 6.45) is 1.50. The number of benzene rings is 1. The molecule has 19 heavy (non-hydrogen) atoms. The molecule has 0 saturated carbocycles. The fourth-order valence-corrected chi connectivity index (χ4v) is 3.30. The Kier molecular flexibility index (Phi) is 3.42. The topological polar surface area (TPSA) is 90.0 Å². The van der Waals surface area contributed by atoms with Crippen LogP contribution < -0.4 is 10.5 Å². The van der Waals surface area contributed by atoms with Crippen molar-refractivity contribution < 1.29 is 8.42 Å². The van der Waals surface area contributed by atoms with Gasteiger partial charge in [-0.25, -0.2) is 8.42 Å². The lowest BCUT2D eigenvalue weighted by Crippen LogP contribution is -2.17. The molecule has 0 spiro atoms. The van der Waals surface area contributed by atoms with Gasteiger partial charge in [0.25, 0.3) is 10.0 Å². The highest BCUT2D eigenvalue weighted by molar-refractivity contribution is 7.92. The van der Waals surface area contributed by atoms with Crippen molar-refractivity contribution in [1.29, 1.82) is 0 Å². The van der Waals surface area contributed by atoms with Gasteiger partial charge in [-0.2, -0.15) is 5.10 Å². The van der Waals surface area contributed by atoms with Crippen LogP contribution in [-0.2, 0) is 17.1 Å². The van der Waals surface area contributed by atoms with Gasteiger partial charge in [-0.1, -0.05) is 11.6 Å². The lowest BCUT2D eigenvalue weighted by molar-refractivity contribution is 0.599. The Labute approximate surface area is 116 Å². The third kappa shape index (κ3) is 2.66. The number of nitrogens with one attached hydrogen (secondary N) is 1. The van der Waals surface area contributed by atoms with E-state index in [1.807, 2.05) is 0 Å². The van der Waals surface area contributed by atoms with Gasteiger partial charge in [0.2, 0.25) is 0 Å². The van der Waals surface area contributed by atoms with Crippen LogP contribution in [-0.4, -0.2) is 18.2 Å². The molecule has 8 heteroatoms. The summed E-state index contributed by atoms with van der Waals surface area (Å²) in [5, 5.41) is 4.16. The van der Waals surface area contributed by atoms with Crippen LogP contribution in [0, 0.1) is 6.92 Å². The first-order valence-corrected chi connectivity index (χ1v) is 7.24. The molecule has 0 saturated heterocycles. The molecule has 6 nitrogen and oxygen atoms in total. The van der Waals surface area contributed by atoms with Crippen molar-refractivity contribution in [2.24, 2.45) is 7.05 Å². The molecule has 0 aliphatic heterocycles. The predicted molar refractivity (Wildman–Crippen MR) is 74.6 cm³/mol. The molecule has 0 aliphatic carbocycles. The Bertz CT molecular complexity index is 724. The van der Waals surface area contributed by atoms with E-state index in [9.17, 15) is 8.42 Å². The van der Waals surface area contributed by atoms with E-state index in [4.69, 9.17) is 17.3 Å². The van der Waals surface area contributed by atoms with Crippen LogP contribution in [0.3, 0.4) is 0 Å². The molecule has 102 valence electrons. The van der Waals surface area contributed by atoms with E-state index in [-0.39, 0.29) is 9.92 Å². The average Bonchev–Trinajstić information content (AvgIpc) is 2.69. The van der Waals surface area contributed by atoms with Gasteiger partial charge >= 0.3 is 0 Å². The maximum atomic E-state index is 12.3. The van der Waals surface area contributed by atoms with E-state index in [1.165, 1.54) is 23.0 Å². The van der Waals surface area contributed by atoms with Crippen molar-refractivity contribution in [1.82, 2.24) is 9.78 Å². The number of nitrogen functional groups attached to an aromatic ring is 1. The zero-order chi connectivity index (χ0) is 14.2. The SMILES string of the molecule is Cc1c(N)cc(Cl)cc1S(=O)(=O)Nc1ccnn1C. The van der Waals surface area contributed by atoms with Crippen molar-refractivity contribution in [3.63, 3.8) is 0 Å². The number of halogens is 1. The van der Waals surface area contributed by atoms with Crippen molar-refractivity contribution in [2.45, 2.75) is 11.8 Å². The fourth-order valence-electron chi connectivity index (χ4n) is 1.62. The second-order valence-electron chi connectivity index (χ2n) is 4.06. The number of anilines is 2. The third-order valence-corrected chi connectivity index (χ3v) is 4.41. The number of sulfonamides is 1. The monoisotopic (exact) mass is 300 g/mol. The minimum Gasteiger partial charge on any atom is -0.398 e. The summed E-state index contributed by atoms with van der Waals surface area (Å²) in [6, 6.07) is 4.44. The number of nitrogens with zero attached hydrogens (tertiary/aromatic N) is 2. The first kappa shape index (κ1) is 13.7. The van der Waals surface area contributed by atoms with Gasteiger partial charge in [0, 0.05) is 23.8 Å². The van der Waals surface area contributed by atoms with Crippen LogP contribution in [0.25, 0.3) is 0 Å². The molecule has 0 radical (unpaired) electrons. The zero-order valence-electron chi connectivity index (χ0n) is 10.4. The minimum atomic E-state index is -3.76. The third-order valence-electron chi connectivity index (χ3n) is 2.71. The fraction of sp³-hybridized carbons (Fsp3) is 0.182. The molecule has 0 bridgehead atoms. The number of hydrogen-bond donors (Lipinski definition) is 2. The number of aryl methyl sites for hydroxylation is 1. The first-order valence-electron chi connectivity index (χ1n) is 5.37. The Morgan fingerprint density at radius 2 is 2.11 bits per heavy atom. The van der Waals surface area contributed by atoms with Crippen LogP contribution in [0.4, 0.5) is 11.5 Å². The molecule has 0 fully saturated rings. The largest absolute Gasteiger partial charge is 0.398 e. The van der Waals surface area contributed by atoms with Gasteiger partial charge in [0.05, 0.1) is 11.1 Å². The summed E-state index contributed by atoms with van der Waals surface area (Å²) in [5.74, 6) is 0.359. The molecule has 1 aromatic carbocycles. The van der Waals surface area contributed by atoms with Gasteiger partial charge < -0.3 is 5.73 Å². The van der Waals surface area contributed by atoms with Crippen molar-refractivity contribution in [3.05, 3.63) is 35.0 Å². The molecule has 0 unspecified atom stereocenters. The highest BCUT2D eigenvalue weighted by atomic mass is 35.5. The number of hydrogen-bond acceptors (Lipinski definition) is 4. The van der Waals surface area contributed by atoms with Crippen LogP contribution in [0.5, 0.6) is 0 Å². The average molecular weight is 301 g/mol. The van der Waals surface area contributed by atoms with Crippen molar-refractivity contribution in [3.8, 4) is 0 Å². The predicted octanol–water partition coefficient (Wildman–Crippen LogP) is 1.76. The van der Waals surface area contributed by atoms with Crippen LogP contribution in [0.2, 0.25) is 5.02 Å². The number of aromatic nitrogens is 2. The molecule has 1 heterocycles. The standard InChI is InChI=1S/C11H13ClN4O2S/c1-7-9(13)5-8(12)6-10(7)19(17,18)15-11-3-4-14-16(11)2/h3-6,15H,13H2,1-2H3. The molecule has 1 aromatic heterocycles. The maximum absolute atomic E-state index is 12.3. The summed E-state index contributed by atoms with van der Waals surface area (Å²) in [6.45, 7) is 1.63. The molecule has 2 aromatic rings. The molecular weight excluding hydrogens is 288 g/mol. The lowest BCUT2D eigenvalue weighted by atomic mass is 10.2. The van der Waals surface area contributed by atoms with Crippen LogP contribution in [0.1, 0.15) is 5.56 Å². The molecule has 0 atom stereocenters. The summed E-state index contributed by atoms with van der Waals surface area (Å²) in [7, 11) is -2.12. The van der Waals surface area contributed by atoms with E-state index in [1.54, 1.807) is 20.0 Å². The lowest BCUT2D eigenvalue weighted by Gasteiger charge is -2.12. The molecular formula is C11H13ClN4O2S. The quantitative estimate of drug-likeness (QED) is 0.845. The van der Waals surface area contributed by atoms with E-state index < -0.39 is 10.0 Å². The van der Waals surface area contributed by atoms with Gasteiger partial charge in [-0.3, -0.25) is 9.40 Å². The summed E-state index contributed by atoms with van der Waals surface area (Å²) >= 11 is 5.85. The Hall–Kier alpha value is -1.73. The minimum absolute atomic E-state index is 0.0544. The van der Waals surface area contributed by atoms with Gasteiger partial charge in [0.15, 0.2) is 0 Å². The zero-order valence-corrected chi connectivity index (χ0v) is 12.0. The van der Waals surface area contributed by atoms with E-state index in [2.05, 4.69) is 9.82 Å². The number of nitrogens with two attached hydrogens (primary N) is 1. The van der Waals surface area contributed by atoms with E-state index in [0.29, 0.717) is 17.1 Å². The highest BCUT2D eigenvalue weighted by Crippen LogP contribution is 2.27.